The van der Waals surface area contributed by atoms with E-state index in [-0.39, 0.29) is 12.4 Å². The van der Waals surface area contributed by atoms with E-state index in [1.807, 2.05) is 12.1 Å². The smallest absolute Gasteiger partial charge is 0.311 e. The third kappa shape index (κ3) is 2.53. The van der Waals surface area contributed by atoms with E-state index >= 15 is 0 Å². The van der Waals surface area contributed by atoms with Gasteiger partial charge in [-0.2, -0.15) is 0 Å². The first kappa shape index (κ1) is 11.4. The summed E-state index contributed by atoms with van der Waals surface area (Å²) >= 11 is 0. The van der Waals surface area contributed by atoms with Crippen LogP contribution in [0, 0.1) is 0 Å². The number of carbonyl (C=O) groups is 2. The van der Waals surface area contributed by atoms with Crippen LogP contribution in [0.15, 0.2) is 24.3 Å². The number of carbonyl (C=O) groups excluding carboxylic acids is 2. The lowest BCUT2D eigenvalue weighted by atomic mass is 10.2. The van der Waals surface area contributed by atoms with Crippen molar-refractivity contribution in [3.63, 3.8) is 0 Å². The number of aldehydes is 1. The van der Waals surface area contributed by atoms with Gasteiger partial charge in [0, 0.05) is 22.2 Å². The zero-order valence-electron chi connectivity index (χ0n) is 9.53. The largest absolute Gasteiger partial charge is 0.466 e. The molecule has 0 aliphatic carbocycles. The quantitative estimate of drug-likeness (QED) is 0.647. The van der Waals surface area contributed by atoms with Crippen LogP contribution >= 0.6 is 0 Å². The van der Waals surface area contributed by atoms with Gasteiger partial charge in [0.1, 0.15) is 6.29 Å². The van der Waals surface area contributed by atoms with Gasteiger partial charge in [-0.05, 0) is 31.2 Å². The first-order chi connectivity index (χ1) is 8.22. The van der Waals surface area contributed by atoms with Gasteiger partial charge in [0.25, 0.3) is 0 Å². The maximum atomic E-state index is 11.3. The number of fused-ring (bicyclic) bond motifs is 1. The SMILES string of the molecule is CCOC(=O)Cc1cc2cc(C=O)ccc2[nH]1. The summed E-state index contributed by atoms with van der Waals surface area (Å²) in [6.07, 6.45) is 1.02. The highest BCUT2D eigenvalue weighted by Crippen LogP contribution is 2.17. The van der Waals surface area contributed by atoms with Crippen LogP contribution in [0.4, 0.5) is 0 Å². The number of nitrogens with one attached hydrogen (secondary N) is 1. The minimum atomic E-state index is -0.255. The second-order valence-electron chi connectivity index (χ2n) is 3.74. The molecular formula is C13H13NO3. The van der Waals surface area contributed by atoms with Gasteiger partial charge in [-0.1, -0.05) is 0 Å². The van der Waals surface area contributed by atoms with Crippen LogP contribution < -0.4 is 0 Å². The van der Waals surface area contributed by atoms with Crippen molar-refractivity contribution in [2.75, 3.05) is 6.61 Å². The van der Waals surface area contributed by atoms with Gasteiger partial charge >= 0.3 is 5.97 Å². The Balaban J connectivity index is 2.25. The molecule has 4 heteroatoms. The number of aromatic nitrogens is 1. The highest BCUT2D eigenvalue weighted by molar-refractivity contribution is 5.88. The topological polar surface area (TPSA) is 59.2 Å². The second-order valence-corrected chi connectivity index (χ2v) is 3.74. The second kappa shape index (κ2) is 4.82. The molecule has 0 amide bonds. The fourth-order valence-corrected chi connectivity index (χ4v) is 1.75. The zero-order chi connectivity index (χ0) is 12.3. The molecule has 0 saturated heterocycles. The Morgan fingerprint density at radius 1 is 1.41 bits per heavy atom. The van der Waals surface area contributed by atoms with Gasteiger partial charge in [0.15, 0.2) is 0 Å². The molecule has 88 valence electrons. The predicted molar refractivity (Wildman–Crippen MR) is 64.0 cm³/mol. The molecule has 0 saturated carbocycles. The third-order valence-electron chi connectivity index (χ3n) is 2.48. The summed E-state index contributed by atoms with van der Waals surface area (Å²) in [4.78, 5) is 25.1. The number of benzene rings is 1. The summed E-state index contributed by atoms with van der Waals surface area (Å²) in [6, 6.07) is 7.21. The zero-order valence-corrected chi connectivity index (χ0v) is 9.53. The molecule has 0 fully saturated rings. The molecule has 1 N–H and O–H groups in total. The van der Waals surface area contributed by atoms with Crippen molar-refractivity contribution >= 4 is 23.2 Å². The van der Waals surface area contributed by atoms with E-state index < -0.39 is 0 Å². The van der Waals surface area contributed by atoms with Crippen molar-refractivity contribution < 1.29 is 14.3 Å². The number of ether oxygens (including phenoxy) is 1. The predicted octanol–water partition coefficient (Wildman–Crippen LogP) is 2.09. The maximum absolute atomic E-state index is 11.3. The van der Waals surface area contributed by atoms with Gasteiger partial charge in [-0.3, -0.25) is 9.59 Å². The van der Waals surface area contributed by atoms with Gasteiger partial charge in [-0.25, -0.2) is 0 Å². The van der Waals surface area contributed by atoms with Crippen molar-refractivity contribution in [3.05, 3.63) is 35.5 Å². The van der Waals surface area contributed by atoms with Gasteiger partial charge < -0.3 is 9.72 Å². The van der Waals surface area contributed by atoms with Crippen molar-refractivity contribution in [1.82, 2.24) is 4.98 Å². The van der Waals surface area contributed by atoms with Crippen molar-refractivity contribution in [2.24, 2.45) is 0 Å². The Bertz CT molecular complexity index is 557. The summed E-state index contributed by atoms with van der Waals surface area (Å²) in [7, 11) is 0. The number of rotatable bonds is 4. The number of hydrogen-bond acceptors (Lipinski definition) is 3. The summed E-state index contributed by atoms with van der Waals surface area (Å²) in [5.74, 6) is -0.255. The molecule has 1 heterocycles. The molecule has 0 aliphatic rings. The maximum Gasteiger partial charge on any atom is 0.311 e. The van der Waals surface area contributed by atoms with E-state index in [2.05, 4.69) is 4.98 Å². The summed E-state index contributed by atoms with van der Waals surface area (Å²) in [5, 5.41) is 0.925. The molecule has 1 aromatic carbocycles. The minimum Gasteiger partial charge on any atom is -0.466 e. The fraction of sp³-hybridized carbons (Fsp3) is 0.231. The number of aromatic amines is 1. The van der Waals surface area contributed by atoms with Crippen LogP contribution in [0.25, 0.3) is 10.9 Å². The molecule has 1 aromatic heterocycles. The summed E-state index contributed by atoms with van der Waals surface area (Å²) < 4.78 is 4.87. The molecular weight excluding hydrogens is 218 g/mol. The Morgan fingerprint density at radius 3 is 2.94 bits per heavy atom. The fourth-order valence-electron chi connectivity index (χ4n) is 1.75. The van der Waals surface area contributed by atoms with Crippen molar-refractivity contribution in [2.45, 2.75) is 13.3 Å². The molecule has 0 spiro atoms. The molecule has 0 aliphatic heterocycles. The Labute approximate surface area is 98.6 Å². The lowest BCUT2D eigenvalue weighted by molar-refractivity contribution is -0.142. The van der Waals surface area contributed by atoms with Gasteiger partial charge in [0.05, 0.1) is 13.0 Å². The molecule has 4 nitrogen and oxygen atoms in total. The van der Waals surface area contributed by atoms with Crippen LogP contribution in [0.3, 0.4) is 0 Å². The Morgan fingerprint density at radius 2 is 2.24 bits per heavy atom. The van der Waals surface area contributed by atoms with Crippen LogP contribution in [0.1, 0.15) is 23.0 Å². The monoisotopic (exact) mass is 231 g/mol. The minimum absolute atomic E-state index is 0.221. The Hall–Kier alpha value is -2.10. The van der Waals surface area contributed by atoms with E-state index in [4.69, 9.17) is 4.74 Å². The third-order valence-corrected chi connectivity index (χ3v) is 2.48. The summed E-state index contributed by atoms with van der Waals surface area (Å²) in [5.41, 5.74) is 2.33. The lowest BCUT2D eigenvalue weighted by Crippen LogP contribution is -2.07. The molecule has 2 aromatic rings. The molecule has 0 atom stereocenters. The van der Waals surface area contributed by atoms with Crippen LogP contribution in [0.5, 0.6) is 0 Å². The lowest BCUT2D eigenvalue weighted by Gasteiger charge is -1.98. The number of hydrogen-bond donors (Lipinski definition) is 1. The highest BCUT2D eigenvalue weighted by atomic mass is 16.5. The average Bonchev–Trinajstić information content (AvgIpc) is 2.69. The highest BCUT2D eigenvalue weighted by Gasteiger charge is 2.07. The van der Waals surface area contributed by atoms with E-state index in [1.165, 1.54) is 0 Å². The van der Waals surface area contributed by atoms with Gasteiger partial charge in [0.2, 0.25) is 0 Å². The number of H-pyrrole nitrogens is 1. The molecule has 17 heavy (non-hydrogen) atoms. The van der Waals surface area contributed by atoms with Crippen LogP contribution in [-0.4, -0.2) is 23.8 Å². The number of esters is 1. The van der Waals surface area contributed by atoms with Crippen molar-refractivity contribution in [3.8, 4) is 0 Å². The normalized spacial score (nSPS) is 10.4. The first-order valence-corrected chi connectivity index (χ1v) is 5.45. The molecule has 2 rings (SSSR count). The van der Waals surface area contributed by atoms with E-state index in [1.54, 1.807) is 19.1 Å². The molecule has 0 unspecified atom stereocenters. The van der Waals surface area contributed by atoms with Gasteiger partial charge in [-0.15, -0.1) is 0 Å². The first-order valence-electron chi connectivity index (χ1n) is 5.45. The molecule has 0 radical (unpaired) electrons. The van der Waals surface area contributed by atoms with E-state index in [0.717, 1.165) is 22.9 Å². The van der Waals surface area contributed by atoms with Crippen LogP contribution in [-0.2, 0) is 16.0 Å². The van der Waals surface area contributed by atoms with E-state index in [0.29, 0.717) is 12.2 Å². The molecule has 0 bridgehead atoms. The average molecular weight is 231 g/mol. The standard InChI is InChI=1S/C13H13NO3/c1-2-17-13(16)7-11-6-10-5-9(8-15)3-4-12(10)14-11/h3-6,8,14H,2,7H2,1H3. The van der Waals surface area contributed by atoms with Crippen molar-refractivity contribution in [1.29, 1.82) is 0 Å². The summed E-state index contributed by atoms with van der Waals surface area (Å²) in [6.45, 7) is 2.16. The Kier molecular flexibility index (Phi) is 3.23. The van der Waals surface area contributed by atoms with E-state index in [9.17, 15) is 9.59 Å². The van der Waals surface area contributed by atoms with Crippen LogP contribution in [0.2, 0.25) is 0 Å².